The molecule has 0 aliphatic rings. The second kappa shape index (κ2) is 10.6. The summed E-state index contributed by atoms with van der Waals surface area (Å²) in [6, 6.07) is 6.26. The molecule has 2 N–H and O–H groups in total. The maximum Gasteiger partial charge on any atom is 0.200 e. The zero-order valence-corrected chi connectivity index (χ0v) is 16.1. The van der Waals surface area contributed by atoms with Crippen LogP contribution in [0.3, 0.4) is 0 Å². The van der Waals surface area contributed by atoms with Gasteiger partial charge in [0.2, 0.25) is 6.03 Å². The highest BCUT2D eigenvalue weighted by molar-refractivity contribution is 7.61. The van der Waals surface area contributed by atoms with Crippen molar-refractivity contribution in [1.29, 1.82) is 0 Å². The zero-order valence-electron chi connectivity index (χ0n) is 14.1. The third kappa shape index (κ3) is 4.97. The standard InChI is InChI=1S/C18H32BNSi2/c1-7-13-21(14-8-2,15-9-3)19(20)22(16-10-4,17-11-5)18-12-6/h7-12H,1-6,13-18,20H2. The van der Waals surface area contributed by atoms with Gasteiger partial charge in [0.05, 0.1) is 15.9 Å². The van der Waals surface area contributed by atoms with Gasteiger partial charge in [0.1, 0.15) is 0 Å². The van der Waals surface area contributed by atoms with Crippen LogP contribution in [0.5, 0.6) is 0 Å². The molecule has 0 aliphatic carbocycles. The molecule has 0 radical (unpaired) electrons. The Morgan fingerprint density at radius 2 is 0.727 bits per heavy atom. The summed E-state index contributed by atoms with van der Waals surface area (Å²) in [5.74, 6) is 0. The minimum Gasteiger partial charge on any atom is -0.374 e. The molecule has 0 fully saturated rings. The van der Waals surface area contributed by atoms with Crippen molar-refractivity contribution in [3.05, 3.63) is 75.9 Å². The average molecular weight is 329 g/mol. The van der Waals surface area contributed by atoms with Gasteiger partial charge in [-0.15, -0.1) is 39.5 Å². The van der Waals surface area contributed by atoms with Gasteiger partial charge in [0, 0.05) is 0 Å². The van der Waals surface area contributed by atoms with Crippen molar-refractivity contribution in [2.45, 2.75) is 36.3 Å². The Labute approximate surface area is 140 Å². The van der Waals surface area contributed by atoms with Crippen molar-refractivity contribution in [2.75, 3.05) is 0 Å². The fourth-order valence-electron chi connectivity index (χ4n) is 3.64. The van der Waals surface area contributed by atoms with E-state index in [0.29, 0.717) is 0 Å². The predicted octanol–water partition coefficient (Wildman–Crippen LogP) is 5.11. The summed E-state index contributed by atoms with van der Waals surface area (Å²) in [7, 11) is -3.61. The molecule has 0 rings (SSSR count). The van der Waals surface area contributed by atoms with E-state index in [1.165, 1.54) is 0 Å². The summed E-state index contributed by atoms with van der Waals surface area (Å²) in [5, 5.41) is 0. The van der Waals surface area contributed by atoms with Gasteiger partial charge in [-0.2, -0.15) is 0 Å². The van der Waals surface area contributed by atoms with Crippen LogP contribution in [0.25, 0.3) is 0 Å². The molecule has 0 bridgehead atoms. The largest absolute Gasteiger partial charge is 0.374 e. The van der Waals surface area contributed by atoms with Crippen LogP contribution in [0.4, 0.5) is 0 Å². The van der Waals surface area contributed by atoms with Crippen molar-refractivity contribution >= 4 is 21.9 Å². The Kier molecular flexibility index (Phi) is 10.1. The number of allylic oxidation sites excluding steroid dienone is 6. The van der Waals surface area contributed by atoms with Crippen molar-refractivity contribution in [3.63, 3.8) is 0 Å². The molecule has 0 atom stereocenters. The summed E-state index contributed by atoms with van der Waals surface area (Å²) in [4.78, 5) is 0. The molecule has 120 valence electrons. The normalized spacial score (nSPS) is 11.3. The highest BCUT2D eigenvalue weighted by Crippen LogP contribution is 2.34. The Morgan fingerprint density at radius 3 is 0.864 bits per heavy atom. The van der Waals surface area contributed by atoms with E-state index in [-0.39, 0.29) is 6.03 Å². The molecule has 22 heavy (non-hydrogen) atoms. The number of hydrogen-bond donors (Lipinski definition) is 1. The molecule has 0 unspecified atom stereocenters. The maximum absolute atomic E-state index is 6.99. The average Bonchev–Trinajstić information content (AvgIpc) is 2.48. The van der Waals surface area contributed by atoms with Gasteiger partial charge in [-0.25, -0.2) is 0 Å². The minimum absolute atomic E-state index is 0.225. The van der Waals surface area contributed by atoms with Crippen LogP contribution in [0.15, 0.2) is 75.9 Å². The van der Waals surface area contributed by atoms with Crippen molar-refractivity contribution in [2.24, 2.45) is 5.64 Å². The third-order valence-electron chi connectivity index (χ3n) is 4.62. The van der Waals surface area contributed by atoms with E-state index >= 15 is 0 Å². The molecule has 0 aromatic heterocycles. The van der Waals surface area contributed by atoms with Gasteiger partial charge >= 0.3 is 0 Å². The highest BCUT2D eigenvalue weighted by atomic mass is 28.4. The Hall–Kier alpha value is -1.10. The van der Waals surface area contributed by atoms with Crippen LogP contribution in [-0.4, -0.2) is 21.9 Å². The molecule has 0 spiro atoms. The van der Waals surface area contributed by atoms with Crippen LogP contribution in [0, 0.1) is 0 Å². The van der Waals surface area contributed by atoms with Crippen LogP contribution in [0.1, 0.15) is 0 Å². The van der Waals surface area contributed by atoms with E-state index in [4.69, 9.17) is 5.64 Å². The van der Waals surface area contributed by atoms with E-state index in [9.17, 15) is 0 Å². The van der Waals surface area contributed by atoms with E-state index in [1.807, 2.05) is 36.5 Å². The van der Waals surface area contributed by atoms with Gasteiger partial charge in [-0.1, -0.05) is 36.5 Å². The Bertz CT molecular complexity index is 326. The quantitative estimate of drug-likeness (QED) is 0.348. The molecule has 1 nitrogen and oxygen atoms in total. The summed E-state index contributed by atoms with van der Waals surface area (Å²) in [6.45, 7) is 23.9. The summed E-state index contributed by atoms with van der Waals surface area (Å²) in [6.07, 6.45) is 12.2. The van der Waals surface area contributed by atoms with Crippen LogP contribution < -0.4 is 5.64 Å². The molecule has 0 heterocycles. The summed E-state index contributed by atoms with van der Waals surface area (Å²) in [5.41, 5.74) is 6.99. The topological polar surface area (TPSA) is 26.0 Å². The lowest BCUT2D eigenvalue weighted by molar-refractivity contribution is 1.37. The monoisotopic (exact) mass is 329 g/mol. The van der Waals surface area contributed by atoms with Gasteiger partial charge in [-0.3, -0.25) is 0 Å². The van der Waals surface area contributed by atoms with E-state index in [1.54, 1.807) is 0 Å². The maximum atomic E-state index is 6.99. The first-order valence-corrected chi connectivity index (χ1v) is 13.3. The zero-order chi connectivity index (χ0) is 17.1. The van der Waals surface area contributed by atoms with E-state index in [2.05, 4.69) is 39.5 Å². The Morgan fingerprint density at radius 1 is 0.545 bits per heavy atom. The number of nitrogens with two attached hydrogens (primary N) is 1. The van der Waals surface area contributed by atoms with Gasteiger partial charge in [-0.05, 0) is 36.3 Å². The molecular weight excluding hydrogens is 297 g/mol. The summed E-state index contributed by atoms with van der Waals surface area (Å²) < 4.78 is 0. The Balaban J connectivity index is 5.97. The second-order valence-electron chi connectivity index (χ2n) is 6.16. The minimum atomic E-state index is -1.80. The SMILES string of the molecule is C=CC[Si](CC=C)(CC=C)B(N)[Si](CC=C)(CC=C)CC=C. The molecule has 0 saturated heterocycles. The highest BCUT2D eigenvalue weighted by Gasteiger charge is 2.50. The number of rotatable bonds is 14. The third-order valence-corrected chi connectivity index (χ3v) is 17.5. The molecule has 4 heteroatoms. The van der Waals surface area contributed by atoms with E-state index < -0.39 is 15.9 Å². The fraction of sp³-hybridized carbons (Fsp3) is 0.333. The first-order chi connectivity index (χ1) is 10.5. The van der Waals surface area contributed by atoms with Crippen LogP contribution >= 0.6 is 0 Å². The van der Waals surface area contributed by atoms with Crippen molar-refractivity contribution < 1.29 is 0 Å². The lowest BCUT2D eigenvalue weighted by Gasteiger charge is -2.43. The number of hydrogen-bond acceptors (Lipinski definition) is 1. The van der Waals surface area contributed by atoms with Crippen molar-refractivity contribution in [1.82, 2.24) is 0 Å². The predicted molar refractivity (Wildman–Crippen MR) is 111 cm³/mol. The molecule has 0 aromatic carbocycles. The van der Waals surface area contributed by atoms with E-state index in [0.717, 1.165) is 36.3 Å². The lowest BCUT2D eigenvalue weighted by Crippen LogP contribution is -2.71. The fourth-order valence-corrected chi connectivity index (χ4v) is 16.9. The van der Waals surface area contributed by atoms with Gasteiger partial charge < -0.3 is 5.64 Å². The van der Waals surface area contributed by atoms with Crippen LogP contribution in [0.2, 0.25) is 36.3 Å². The molecule has 0 saturated carbocycles. The summed E-state index contributed by atoms with van der Waals surface area (Å²) >= 11 is 0. The first kappa shape index (κ1) is 20.9. The second-order valence-corrected chi connectivity index (χ2v) is 15.9. The van der Waals surface area contributed by atoms with Gasteiger partial charge in [0.15, 0.2) is 0 Å². The molecule has 0 aromatic rings. The molecule has 0 amide bonds. The van der Waals surface area contributed by atoms with Crippen LogP contribution in [-0.2, 0) is 0 Å². The smallest absolute Gasteiger partial charge is 0.200 e. The lowest BCUT2D eigenvalue weighted by atomic mass is 10.4. The van der Waals surface area contributed by atoms with Gasteiger partial charge in [0.25, 0.3) is 0 Å². The molecular formula is C18H32BNSi2. The molecule has 0 aliphatic heterocycles. The van der Waals surface area contributed by atoms with Crippen molar-refractivity contribution in [3.8, 4) is 0 Å². The first-order valence-electron chi connectivity index (χ1n) is 7.93.